The zero-order valence-corrected chi connectivity index (χ0v) is 13.5. The second kappa shape index (κ2) is 7.70. The lowest BCUT2D eigenvalue weighted by atomic mass is 10.0. The van der Waals surface area contributed by atoms with Crippen molar-refractivity contribution < 1.29 is 4.79 Å². The minimum Gasteiger partial charge on any atom is -0.369 e. The van der Waals surface area contributed by atoms with Gasteiger partial charge in [0.25, 0.3) is 0 Å². The minimum atomic E-state index is -0.315. The van der Waals surface area contributed by atoms with E-state index in [1.807, 2.05) is 26.2 Å². The van der Waals surface area contributed by atoms with E-state index < -0.39 is 0 Å². The number of pyridine rings is 1. The zero-order chi connectivity index (χ0) is 17.5. The lowest BCUT2D eigenvalue weighted by molar-refractivity contribution is -0.111. The number of aromatic nitrogens is 1. The van der Waals surface area contributed by atoms with E-state index in [2.05, 4.69) is 27.9 Å². The van der Waals surface area contributed by atoms with E-state index in [0.717, 1.165) is 11.1 Å². The predicted molar refractivity (Wildman–Crippen MR) is 95.1 cm³/mol. The molecule has 120 valence electrons. The number of amides is 1. The van der Waals surface area contributed by atoms with Crippen LogP contribution < -0.4 is 5.32 Å². The molecule has 24 heavy (non-hydrogen) atoms. The van der Waals surface area contributed by atoms with Gasteiger partial charge in [0.1, 0.15) is 11.9 Å². The molecule has 0 aliphatic heterocycles. The highest BCUT2D eigenvalue weighted by Crippen LogP contribution is 2.26. The van der Waals surface area contributed by atoms with Crippen molar-refractivity contribution in [3.63, 3.8) is 0 Å². The van der Waals surface area contributed by atoms with Crippen LogP contribution in [0.2, 0.25) is 0 Å². The summed E-state index contributed by atoms with van der Waals surface area (Å²) in [6.07, 6.45) is 4.47. The molecule has 1 aromatic heterocycles. The summed E-state index contributed by atoms with van der Waals surface area (Å²) >= 11 is 0. The number of rotatable bonds is 5. The summed E-state index contributed by atoms with van der Waals surface area (Å²) in [4.78, 5) is 21.5. The molecule has 0 saturated heterocycles. The Morgan fingerprint density at radius 2 is 2.08 bits per heavy atom. The van der Waals surface area contributed by atoms with E-state index in [4.69, 9.17) is 0 Å². The fourth-order valence-corrected chi connectivity index (χ4v) is 1.91. The van der Waals surface area contributed by atoms with Gasteiger partial charge in [-0.1, -0.05) is 12.6 Å². The number of hydrogen-bond acceptors (Lipinski definition) is 4. The fraction of sp³-hybridized carbons (Fsp3) is 0.111. The summed E-state index contributed by atoms with van der Waals surface area (Å²) in [5, 5.41) is 11.9. The first kappa shape index (κ1) is 16.9. The summed E-state index contributed by atoms with van der Waals surface area (Å²) in [5.41, 5.74) is 2.78. The number of carbonyl (C=O) groups excluding carboxylic acids is 1. The Morgan fingerprint density at radius 1 is 1.33 bits per heavy atom. The minimum absolute atomic E-state index is 0.315. The van der Waals surface area contributed by atoms with Gasteiger partial charge in [-0.3, -0.25) is 4.79 Å². The molecule has 1 heterocycles. The molecule has 6 heteroatoms. The number of hydrogen-bond donors (Lipinski definition) is 1. The molecule has 0 saturated carbocycles. The largest absolute Gasteiger partial charge is 0.369 e. The maximum atomic E-state index is 11.2. The van der Waals surface area contributed by atoms with Crippen LogP contribution in [0.1, 0.15) is 5.56 Å². The third kappa shape index (κ3) is 4.27. The fourth-order valence-electron chi connectivity index (χ4n) is 1.91. The van der Waals surface area contributed by atoms with E-state index >= 15 is 0 Å². The molecule has 0 aliphatic carbocycles. The van der Waals surface area contributed by atoms with Gasteiger partial charge in [0.15, 0.2) is 0 Å². The van der Waals surface area contributed by atoms with Crippen molar-refractivity contribution in [1.29, 1.82) is 5.26 Å². The highest BCUT2D eigenvalue weighted by Gasteiger charge is 2.06. The maximum Gasteiger partial charge on any atom is 0.248 e. The van der Waals surface area contributed by atoms with Crippen molar-refractivity contribution in [3.8, 4) is 17.2 Å². The first-order valence-corrected chi connectivity index (χ1v) is 7.18. The van der Waals surface area contributed by atoms with Crippen molar-refractivity contribution in [2.24, 2.45) is 4.99 Å². The molecule has 0 bridgehead atoms. The van der Waals surface area contributed by atoms with Crippen LogP contribution in [0.4, 0.5) is 11.5 Å². The van der Waals surface area contributed by atoms with Crippen LogP contribution in [-0.2, 0) is 4.79 Å². The van der Waals surface area contributed by atoms with Gasteiger partial charge in [0.05, 0.1) is 17.6 Å². The van der Waals surface area contributed by atoms with Gasteiger partial charge in [-0.2, -0.15) is 5.26 Å². The third-order valence-corrected chi connectivity index (χ3v) is 3.08. The molecule has 1 N–H and O–H groups in total. The molecule has 0 spiro atoms. The summed E-state index contributed by atoms with van der Waals surface area (Å²) in [5.74, 6) is 0.126. The highest BCUT2D eigenvalue weighted by molar-refractivity contribution is 5.98. The van der Waals surface area contributed by atoms with Crippen LogP contribution in [0.3, 0.4) is 0 Å². The summed E-state index contributed by atoms with van der Waals surface area (Å²) in [7, 11) is 3.73. The van der Waals surface area contributed by atoms with Crippen molar-refractivity contribution in [2.45, 2.75) is 0 Å². The van der Waals surface area contributed by atoms with Gasteiger partial charge in [0.2, 0.25) is 5.91 Å². The molecule has 2 aromatic rings. The first-order valence-electron chi connectivity index (χ1n) is 7.18. The van der Waals surface area contributed by atoms with E-state index in [1.54, 1.807) is 35.6 Å². The molecule has 1 aromatic carbocycles. The number of nitrogens with one attached hydrogen (secondary N) is 1. The first-order chi connectivity index (χ1) is 11.5. The van der Waals surface area contributed by atoms with Crippen molar-refractivity contribution in [1.82, 2.24) is 9.88 Å². The quantitative estimate of drug-likeness (QED) is 0.522. The van der Waals surface area contributed by atoms with E-state index in [1.165, 1.54) is 6.08 Å². The van der Waals surface area contributed by atoms with Gasteiger partial charge < -0.3 is 10.2 Å². The molecule has 2 rings (SSSR count). The average molecular weight is 319 g/mol. The maximum absolute atomic E-state index is 11.2. The summed E-state index contributed by atoms with van der Waals surface area (Å²) < 4.78 is 0. The number of nitrogens with zero attached hydrogens (tertiary/aromatic N) is 4. The molecule has 0 unspecified atom stereocenters. The van der Waals surface area contributed by atoms with Gasteiger partial charge in [-0.25, -0.2) is 9.98 Å². The van der Waals surface area contributed by atoms with Gasteiger partial charge in [-0.05, 0) is 35.9 Å². The molecular formula is C18H17N5O. The van der Waals surface area contributed by atoms with Crippen LogP contribution in [0.15, 0.2) is 54.2 Å². The average Bonchev–Trinajstić information content (AvgIpc) is 2.60. The number of aliphatic imine (C=N–C) groups is 1. The Bertz CT molecular complexity index is 816. The smallest absolute Gasteiger partial charge is 0.248 e. The Morgan fingerprint density at radius 3 is 2.67 bits per heavy atom. The molecule has 1 amide bonds. The van der Waals surface area contributed by atoms with E-state index in [0.29, 0.717) is 17.1 Å². The zero-order valence-electron chi connectivity index (χ0n) is 13.5. The molecule has 0 atom stereocenters. The highest BCUT2D eigenvalue weighted by atomic mass is 16.1. The van der Waals surface area contributed by atoms with Crippen LogP contribution in [0.5, 0.6) is 0 Å². The molecule has 6 nitrogen and oxygen atoms in total. The summed E-state index contributed by atoms with van der Waals surface area (Å²) in [6, 6.07) is 11.1. The topological polar surface area (TPSA) is 81.4 Å². The number of benzene rings is 1. The Kier molecular flexibility index (Phi) is 5.42. The van der Waals surface area contributed by atoms with Crippen molar-refractivity contribution >= 4 is 23.8 Å². The summed E-state index contributed by atoms with van der Waals surface area (Å²) in [6.45, 7) is 3.39. The molecule has 0 aliphatic rings. The van der Waals surface area contributed by atoms with Crippen LogP contribution in [-0.4, -0.2) is 36.2 Å². The van der Waals surface area contributed by atoms with Gasteiger partial charge >= 0.3 is 0 Å². The molecule has 0 fully saturated rings. The van der Waals surface area contributed by atoms with E-state index in [-0.39, 0.29) is 5.91 Å². The Balaban J connectivity index is 2.28. The lowest BCUT2D eigenvalue weighted by Gasteiger charge is -2.07. The van der Waals surface area contributed by atoms with Crippen LogP contribution in [0, 0.1) is 11.3 Å². The SMILES string of the molecule is C=CC(=O)Nc1ccc(-c2ccc(/N=C/N(C)C)c(C#N)c2)cn1. The van der Waals surface area contributed by atoms with Crippen molar-refractivity contribution in [2.75, 3.05) is 19.4 Å². The standard InChI is InChI=1S/C18H17N5O/c1-4-18(24)22-17-8-6-14(11-20-17)13-5-7-16(15(9-13)10-19)21-12-23(2)3/h4-9,11-12H,1H2,2-3H3,(H,20,22,24)/b21-12+. The normalized spacial score (nSPS) is 10.2. The predicted octanol–water partition coefficient (Wildman–Crippen LogP) is 2.97. The van der Waals surface area contributed by atoms with Gasteiger partial charge in [-0.15, -0.1) is 0 Å². The van der Waals surface area contributed by atoms with Crippen LogP contribution in [0.25, 0.3) is 11.1 Å². The number of carbonyl (C=O) groups is 1. The van der Waals surface area contributed by atoms with Gasteiger partial charge in [0, 0.05) is 25.9 Å². The molecule has 0 radical (unpaired) electrons. The third-order valence-electron chi connectivity index (χ3n) is 3.08. The monoisotopic (exact) mass is 319 g/mol. The second-order valence-corrected chi connectivity index (χ2v) is 5.18. The Hall–Kier alpha value is -3.46. The number of anilines is 1. The van der Waals surface area contributed by atoms with Crippen LogP contribution >= 0.6 is 0 Å². The molecular weight excluding hydrogens is 302 g/mol. The lowest BCUT2D eigenvalue weighted by Crippen LogP contribution is -2.08. The van der Waals surface area contributed by atoms with Crippen molar-refractivity contribution in [3.05, 3.63) is 54.7 Å². The Labute approximate surface area is 140 Å². The van der Waals surface area contributed by atoms with E-state index in [9.17, 15) is 10.1 Å². The second-order valence-electron chi connectivity index (χ2n) is 5.18. The number of nitriles is 1.